The predicted molar refractivity (Wildman–Crippen MR) is 49.4 cm³/mol. The molecular weight excluding hydrogens is 178 g/mol. The van der Waals surface area contributed by atoms with Gasteiger partial charge < -0.3 is 10.8 Å². The molecule has 1 fully saturated rings. The molecule has 0 bridgehead atoms. The zero-order valence-corrected chi connectivity index (χ0v) is 7.85. The van der Waals surface area contributed by atoms with E-state index >= 15 is 0 Å². The number of rotatable bonds is 2. The molecule has 1 aliphatic rings. The highest BCUT2D eigenvalue weighted by Crippen LogP contribution is 2.29. The SMILES string of the molecule is Cl.NC[C@H]1CCCC[C@H]1C(=O)O. The number of hydrogen-bond donors (Lipinski definition) is 2. The molecule has 1 aliphatic carbocycles. The molecule has 3 nitrogen and oxygen atoms in total. The maximum absolute atomic E-state index is 10.7. The molecule has 0 aromatic rings. The third-order valence-corrected chi connectivity index (χ3v) is 2.53. The lowest BCUT2D eigenvalue weighted by Crippen LogP contribution is -2.32. The van der Waals surface area contributed by atoms with Gasteiger partial charge in [0.05, 0.1) is 5.92 Å². The predicted octanol–water partition coefficient (Wildman–Crippen LogP) is 1.26. The zero-order valence-electron chi connectivity index (χ0n) is 7.03. The normalized spacial score (nSPS) is 29.1. The van der Waals surface area contributed by atoms with Crippen LogP contribution in [0.15, 0.2) is 0 Å². The zero-order chi connectivity index (χ0) is 8.27. The molecule has 0 aliphatic heterocycles. The van der Waals surface area contributed by atoms with E-state index in [1.165, 1.54) is 0 Å². The topological polar surface area (TPSA) is 63.3 Å². The summed E-state index contributed by atoms with van der Waals surface area (Å²) in [6.07, 6.45) is 4.00. The van der Waals surface area contributed by atoms with E-state index in [1.54, 1.807) is 0 Å². The van der Waals surface area contributed by atoms with Crippen LogP contribution in [0.4, 0.5) is 0 Å². The number of hydrogen-bond acceptors (Lipinski definition) is 2. The quantitative estimate of drug-likeness (QED) is 0.694. The fourth-order valence-corrected chi connectivity index (χ4v) is 1.81. The molecule has 1 rings (SSSR count). The van der Waals surface area contributed by atoms with Crippen LogP contribution in [0.2, 0.25) is 0 Å². The number of nitrogens with two attached hydrogens (primary N) is 1. The van der Waals surface area contributed by atoms with Crippen molar-refractivity contribution < 1.29 is 9.90 Å². The monoisotopic (exact) mass is 193 g/mol. The van der Waals surface area contributed by atoms with Gasteiger partial charge in [0.1, 0.15) is 0 Å². The summed E-state index contributed by atoms with van der Waals surface area (Å²) in [6.45, 7) is 0.525. The molecule has 12 heavy (non-hydrogen) atoms. The van der Waals surface area contributed by atoms with Gasteiger partial charge in [-0.1, -0.05) is 12.8 Å². The van der Waals surface area contributed by atoms with E-state index in [9.17, 15) is 4.79 Å². The van der Waals surface area contributed by atoms with Crippen molar-refractivity contribution in [1.82, 2.24) is 0 Å². The molecule has 1 saturated carbocycles. The first kappa shape index (κ1) is 11.7. The number of carbonyl (C=O) groups is 1. The van der Waals surface area contributed by atoms with Crippen LogP contribution in [0.1, 0.15) is 25.7 Å². The van der Waals surface area contributed by atoms with Gasteiger partial charge in [-0.25, -0.2) is 0 Å². The molecule has 72 valence electrons. The summed E-state index contributed by atoms with van der Waals surface area (Å²) >= 11 is 0. The highest BCUT2D eigenvalue weighted by atomic mass is 35.5. The number of carboxylic acids is 1. The van der Waals surface area contributed by atoms with Crippen molar-refractivity contribution in [3.05, 3.63) is 0 Å². The van der Waals surface area contributed by atoms with Gasteiger partial charge in [0, 0.05) is 0 Å². The van der Waals surface area contributed by atoms with Gasteiger partial charge in [0.15, 0.2) is 0 Å². The third kappa shape index (κ3) is 2.64. The summed E-state index contributed by atoms with van der Waals surface area (Å²) in [6, 6.07) is 0. The highest BCUT2D eigenvalue weighted by molar-refractivity contribution is 5.85. The van der Waals surface area contributed by atoms with Gasteiger partial charge in [0.25, 0.3) is 0 Å². The smallest absolute Gasteiger partial charge is 0.306 e. The van der Waals surface area contributed by atoms with Crippen molar-refractivity contribution in [3.8, 4) is 0 Å². The van der Waals surface area contributed by atoms with Gasteiger partial charge in [-0.3, -0.25) is 4.79 Å². The van der Waals surface area contributed by atoms with Gasteiger partial charge in [-0.15, -0.1) is 12.4 Å². The largest absolute Gasteiger partial charge is 0.481 e. The first-order valence-corrected chi connectivity index (χ1v) is 4.18. The molecule has 0 aromatic carbocycles. The first-order chi connectivity index (χ1) is 5.25. The van der Waals surface area contributed by atoms with Crippen LogP contribution in [-0.4, -0.2) is 17.6 Å². The van der Waals surface area contributed by atoms with Crippen molar-refractivity contribution in [3.63, 3.8) is 0 Å². The Morgan fingerprint density at radius 2 is 2.00 bits per heavy atom. The molecule has 0 radical (unpaired) electrons. The average Bonchev–Trinajstić information content (AvgIpc) is 2.04. The summed E-state index contributed by atoms with van der Waals surface area (Å²) in [5, 5.41) is 8.78. The Kier molecular flexibility index (Phi) is 5.25. The summed E-state index contributed by atoms with van der Waals surface area (Å²) in [7, 11) is 0. The van der Waals surface area contributed by atoms with Crippen LogP contribution in [0.5, 0.6) is 0 Å². The molecule has 0 spiro atoms. The summed E-state index contributed by atoms with van der Waals surface area (Å²) in [5.41, 5.74) is 5.47. The maximum atomic E-state index is 10.7. The number of halogens is 1. The molecule has 0 unspecified atom stereocenters. The minimum Gasteiger partial charge on any atom is -0.481 e. The van der Waals surface area contributed by atoms with Gasteiger partial charge in [-0.05, 0) is 25.3 Å². The summed E-state index contributed by atoms with van der Waals surface area (Å²) < 4.78 is 0. The van der Waals surface area contributed by atoms with Crippen LogP contribution >= 0.6 is 12.4 Å². The Morgan fingerprint density at radius 3 is 2.42 bits per heavy atom. The second-order valence-electron chi connectivity index (χ2n) is 3.22. The number of carboxylic acid groups (broad SMARTS) is 1. The highest BCUT2D eigenvalue weighted by Gasteiger charge is 2.29. The molecule has 4 heteroatoms. The number of aliphatic carboxylic acids is 1. The first-order valence-electron chi connectivity index (χ1n) is 4.18. The van der Waals surface area contributed by atoms with Gasteiger partial charge in [0.2, 0.25) is 0 Å². The molecular formula is C8H16ClNO2. The van der Waals surface area contributed by atoms with Crippen LogP contribution < -0.4 is 5.73 Å². The van der Waals surface area contributed by atoms with E-state index in [2.05, 4.69) is 0 Å². The van der Waals surface area contributed by atoms with E-state index in [-0.39, 0.29) is 24.2 Å². The Morgan fingerprint density at radius 1 is 1.42 bits per heavy atom. The molecule has 0 heterocycles. The van der Waals surface area contributed by atoms with E-state index < -0.39 is 5.97 Å². The Balaban J connectivity index is 0.00000121. The molecule has 0 aromatic heterocycles. The lowest BCUT2D eigenvalue weighted by Gasteiger charge is -2.26. The molecule has 0 saturated heterocycles. The minimum absolute atomic E-state index is 0. The van der Waals surface area contributed by atoms with Crippen molar-refractivity contribution in [2.45, 2.75) is 25.7 Å². The Labute approximate surface area is 78.7 Å². The van der Waals surface area contributed by atoms with Crippen molar-refractivity contribution >= 4 is 18.4 Å². The van der Waals surface area contributed by atoms with E-state index in [1.807, 2.05) is 0 Å². The van der Waals surface area contributed by atoms with E-state index in [0.29, 0.717) is 6.54 Å². The second-order valence-corrected chi connectivity index (χ2v) is 3.22. The van der Waals surface area contributed by atoms with Crippen molar-refractivity contribution in [1.29, 1.82) is 0 Å². The molecule has 0 amide bonds. The maximum Gasteiger partial charge on any atom is 0.306 e. The molecule has 2 atom stereocenters. The third-order valence-electron chi connectivity index (χ3n) is 2.53. The average molecular weight is 194 g/mol. The van der Waals surface area contributed by atoms with Crippen LogP contribution in [0.3, 0.4) is 0 Å². The minimum atomic E-state index is -0.667. The Bertz CT molecular complexity index is 152. The van der Waals surface area contributed by atoms with Crippen LogP contribution in [-0.2, 0) is 4.79 Å². The van der Waals surface area contributed by atoms with Crippen LogP contribution in [0, 0.1) is 11.8 Å². The fraction of sp³-hybridized carbons (Fsp3) is 0.875. The van der Waals surface area contributed by atoms with Crippen molar-refractivity contribution in [2.75, 3.05) is 6.54 Å². The Hall–Kier alpha value is -0.280. The standard InChI is InChI=1S/C8H15NO2.ClH/c9-5-6-3-1-2-4-7(6)8(10)11;/h6-7H,1-5,9H2,(H,10,11);1H/t6-,7-;/m1./s1. The summed E-state index contributed by atoms with van der Waals surface area (Å²) in [5.74, 6) is -0.616. The lowest BCUT2D eigenvalue weighted by atomic mass is 9.79. The molecule has 3 N–H and O–H groups in total. The van der Waals surface area contributed by atoms with E-state index in [4.69, 9.17) is 10.8 Å². The fourth-order valence-electron chi connectivity index (χ4n) is 1.81. The van der Waals surface area contributed by atoms with Crippen molar-refractivity contribution in [2.24, 2.45) is 17.6 Å². The second kappa shape index (κ2) is 5.38. The van der Waals surface area contributed by atoms with Gasteiger partial charge >= 0.3 is 5.97 Å². The van der Waals surface area contributed by atoms with Crippen LogP contribution in [0.25, 0.3) is 0 Å². The van der Waals surface area contributed by atoms with E-state index in [0.717, 1.165) is 25.7 Å². The lowest BCUT2D eigenvalue weighted by molar-refractivity contribution is -0.144. The summed E-state index contributed by atoms with van der Waals surface area (Å²) in [4.78, 5) is 10.7. The van der Waals surface area contributed by atoms with Gasteiger partial charge in [-0.2, -0.15) is 0 Å².